The second-order valence-electron chi connectivity index (χ2n) is 4.02. The van der Waals surface area contributed by atoms with Crippen LogP contribution in [0.1, 0.15) is 18.3 Å². The van der Waals surface area contributed by atoms with Crippen molar-refractivity contribution in [2.24, 2.45) is 12.8 Å². The molecule has 2 aromatic rings. The molecule has 0 aliphatic rings. The molecule has 0 saturated heterocycles. The normalized spacial score (nSPS) is 13.2. The number of methoxy groups -OCH3 is 1. The van der Waals surface area contributed by atoms with Crippen LogP contribution < -0.4 is 5.73 Å². The lowest BCUT2D eigenvalue weighted by Gasteiger charge is -2.10. The van der Waals surface area contributed by atoms with Crippen molar-refractivity contribution in [3.05, 3.63) is 29.0 Å². The van der Waals surface area contributed by atoms with Gasteiger partial charge in [-0.15, -0.1) is 0 Å². The van der Waals surface area contributed by atoms with Crippen molar-refractivity contribution >= 4 is 22.6 Å². The van der Waals surface area contributed by atoms with Gasteiger partial charge in [0, 0.05) is 20.8 Å². The number of hydrogen-bond acceptors (Lipinski definition) is 3. The minimum absolute atomic E-state index is 0.136. The highest BCUT2D eigenvalue weighted by atomic mass is 35.5. The second kappa shape index (κ2) is 5.04. The largest absolute Gasteiger partial charge is 0.385 e. The number of imidazole rings is 1. The van der Waals surface area contributed by atoms with E-state index >= 15 is 0 Å². The lowest BCUT2D eigenvalue weighted by Crippen LogP contribution is -2.17. The number of fused-ring (bicyclic) bond motifs is 1. The molecular weight excluding hydrogens is 238 g/mol. The van der Waals surface area contributed by atoms with E-state index in [1.54, 1.807) is 7.11 Å². The molecule has 0 radical (unpaired) electrons. The van der Waals surface area contributed by atoms with Gasteiger partial charge in [0.15, 0.2) is 0 Å². The number of aromatic nitrogens is 2. The maximum atomic E-state index is 6.16. The molecule has 1 atom stereocenters. The summed E-state index contributed by atoms with van der Waals surface area (Å²) in [6.07, 6.45) is 0.741. The molecule has 0 aliphatic carbocycles. The molecule has 92 valence electrons. The summed E-state index contributed by atoms with van der Waals surface area (Å²) in [7, 11) is 3.60. The molecule has 0 spiro atoms. The van der Waals surface area contributed by atoms with Gasteiger partial charge in [0.1, 0.15) is 5.82 Å². The zero-order valence-electron chi connectivity index (χ0n) is 9.98. The molecular formula is C12H16ClN3O. The number of nitrogens with two attached hydrogens (primary N) is 1. The fourth-order valence-corrected chi connectivity index (χ4v) is 2.24. The molecule has 0 fully saturated rings. The van der Waals surface area contributed by atoms with Crippen LogP contribution in [0.2, 0.25) is 5.02 Å². The van der Waals surface area contributed by atoms with Crippen LogP contribution in [-0.2, 0) is 11.8 Å². The smallest absolute Gasteiger partial charge is 0.126 e. The summed E-state index contributed by atoms with van der Waals surface area (Å²) in [4.78, 5) is 4.52. The molecule has 0 aliphatic heterocycles. The first-order valence-electron chi connectivity index (χ1n) is 5.50. The van der Waals surface area contributed by atoms with Crippen LogP contribution >= 0.6 is 11.6 Å². The summed E-state index contributed by atoms with van der Waals surface area (Å²) in [5.41, 5.74) is 7.89. The lowest BCUT2D eigenvalue weighted by molar-refractivity contribution is 0.187. The highest BCUT2D eigenvalue weighted by molar-refractivity contribution is 6.35. The third-order valence-electron chi connectivity index (χ3n) is 2.84. The fourth-order valence-electron chi connectivity index (χ4n) is 1.94. The van der Waals surface area contributed by atoms with Gasteiger partial charge in [0.2, 0.25) is 0 Å². The second-order valence-corrected chi connectivity index (χ2v) is 4.43. The summed E-state index contributed by atoms with van der Waals surface area (Å²) in [6, 6.07) is 5.55. The van der Waals surface area contributed by atoms with Crippen molar-refractivity contribution in [2.45, 2.75) is 12.5 Å². The van der Waals surface area contributed by atoms with Gasteiger partial charge in [-0.05, 0) is 18.6 Å². The summed E-state index contributed by atoms with van der Waals surface area (Å²) in [5.74, 6) is 0.838. The van der Waals surface area contributed by atoms with Crippen molar-refractivity contribution < 1.29 is 4.74 Å². The minimum atomic E-state index is -0.136. The fraction of sp³-hybridized carbons (Fsp3) is 0.417. The highest BCUT2D eigenvalue weighted by Crippen LogP contribution is 2.26. The van der Waals surface area contributed by atoms with Crippen LogP contribution in [0.15, 0.2) is 18.2 Å². The van der Waals surface area contributed by atoms with Crippen molar-refractivity contribution in [2.75, 3.05) is 13.7 Å². The molecule has 2 N–H and O–H groups in total. The Labute approximate surface area is 105 Å². The van der Waals surface area contributed by atoms with E-state index in [2.05, 4.69) is 4.98 Å². The van der Waals surface area contributed by atoms with Crippen LogP contribution in [0.5, 0.6) is 0 Å². The predicted octanol–water partition coefficient (Wildman–Crippen LogP) is 2.26. The maximum absolute atomic E-state index is 6.16. The zero-order valence-corrected chi connectivity index (χ0v) is 10.7. The van der Waals surface area contributed by atoms with Gasteiger partial charge in [-0.2, -0.15) is 0 Å². The molecule has 17 heavy (non-hydrogen) atoms. The Morgan fingerprint density at radius 2 is 2.29 bits per heavy atom. The quantitative estimate of drug-likeness (QED) is 0.909. The van der Waals surface area contributed by atoms with Crippen LogP contribution in [0, 0.1) is 0 Å². The first kappa shape index (κ1) is 12.4. The van der Waals surface area contributed by atoms with Gasteiger partial charge < -0.3 is 15.0 Å². The number of ether oxygens (including phenoxy) is 1. The van der Waals surface area contributed by atoms with Gasteiger partial charge in [0.25, 0.3) is 0 Å². The zero-order chi connectivity index (χ0) is 12.4. The van der Waals surface area contributed by atoms with E-state index in [1.807, 2.05) is 29.8 Å². The standard InChI is InChI=1S/C12H16ClN3O/c1-16-11-8(13)4-3-5-10(11)15-12(16)9(14)6-7-17-2/h3-5,9H,6-7,14H2,1-2H3. The average molecular weight is 254 g/mol. The Morgan fingerprint density at radius 1 is 1.53 bits per heavy atom. The summed E-state index contributed by atoms with van der Waals surface area (Å²) < 4.78 is 6.98. The molecule has 1 unspecified atom stereocenters. The Balaban J connectivity index is 2.42. The Kier molecular flexibility index (Phi) is 3.66. The van der Waals surface area contributed by atoms with E-state index in [4.69, 9.17) is 22.1 Å². The van der Waals surface area contributed by atoms with E-state index in [1.165, 1.54) is 0 Å². The van der Waals surface area contributed by atoms with E-state index < -0.39 is 0 Å². The molecule has 2 rings (SSSR count). The molecule has 5 heteroatoms. The summed E-state index contributed by atoms with van der Waals surface area (Å²) in [5, 5.41) is 0.697. The Morgan fingerprint density at radius 3 is 2.94 bits per heavy atom. The number of aryl methyl sites for hydroxylation is 1. The van der Waals surface area contributed by atoms with Crippen molar-refractivity contribution in [1.29, 1.82) is 0 Å². The minimum Gasteiger partial charge on any atom is -0.385 e. The van der Waals surface area contributed by atoms with Gasteiger partial charge >= 0.3 is 0 Å². The number of rotatable bonds is 4. The SMILES string of the molecule is COCCC(N)c1nc2cccc(Cl)c2n1C. The summed E-state index contributed by atoms with van der Waals surface area (Å²) >= 11 is 6.16. The Hall–Kier alpha value is -1.10. The lowest BCUT2D eigenvalue weighted by atomic mass is 10.2. The van der Waals surface area contributed by atoms with Gasteiger partial charge in [-0.1, -0.05) is 17.7 Å². The van der Waals surface area contributed by atoms with Crippen LogP contribution in [0.25, 0.3) is 11.0 Å². The Bertz CT molecular complexity index is 524. The number of hydrogen-bond donors (Lipinski definition) is 1. The van der Waals surface area contributed by atoms with Gasteiger partial charge in [0.05, 0.1) is 22.1 Å². The van der Waals surface area contributed by atoms with E-state index in [9.17, 15) is 0 Å². The van der Waals surface area contributed by atoms with E-state index in [0.717, 1.165) is 23.3 Å². The van der Waals surface area contributed by atoms with Crippen molar-refractivity contribution in [3.8, 4) is 0 Å². The first-order chi connectivity index (χ1) is 8.15. The number of nitrogens with zero attached hydrogens (tertiary/aromatic N) is 2. The number of benzene rings is 1. The molecule has 1 heterocycles. The van der Waals surface area contributed by atoms with Crippen LogP contribution in [0.3, 0.4) is 0 Å². The molecule has 0 bridgehead atoms. The third kappa shape index (κ3) is 2.29. The predicted molar refractivity (Wildman–Crippen MR) is 69.1 cm³/mol. The molecule has 4 nitrogen and oxygen atoms in total. The summed E-state index contributed by atoms with van der Waals surface area (Å²) in [6.45, 7) is 0.623. The maximum Gasteiger partial charge on any atom is 0.126 e. The molecule has 1 aromatic carbocycles. The van der Waals surface area contributed by atoms with Crippen LogP contribution in [0.4, 0.5) is 0 Å². The van der Waals surface area contributed by atoms with Crippen LogP contribution in [-0.4, -0.2) is 23.3 Å². The van der Waals surface area contributed by atoms with Gasteiger partial charge in [-0.3, -0.25) is 0 Å². The van der Waals surface area contributed by atoms with Crippen molar-refractivity contribution in [3.63, 3.8) is 0 Å². The molecule has 0 saturated carbocycles. The van der Waals surface area contributed by atoms with Gasteiger partial charge in [-0.25, -0.2) is 4.98 Å². The highest BCUT2D eigenvalue weighted by Gasteiger charge is 2.16. The third-order valence-corrected chi connectivity index (χ3v) is 3.15. The number of halogens is 1. The molecule has 0 amide bonds. The molecule has 1 aromatic heterocycles. The number of para-hydroxylation sites is 1. The first-order valence-corrected chi connectivity index (χ1v) is 5.88. The average Bonchev–Trinajstić information content (AvgIpc) is 2.65. The van der Waals surface area contributed by atoms with E-state index in [0.29, 0.717) is 11.6 Å². The van der Waals surface area contributed by atoms with Crippen molar-refractivity contribution in [1.82, 2.24) is 9.55 Å². The monoisotopic (exact) mass is 253 g/mol. The topological polar surface area (TPSA) is 53.1 Å². The van der Waals surface area contributed by atoms with E-state index in [-0.39, 0.29) is 6.04 Å².